The van der Waals surface area contributed by atoms with E-state index in [-0.39, 0.29) is 21.4 Å². The van der Waals surface area contributed by atoms with Crippen molar-refractivity contribution < 1.29 is 23.9 Å². The lowest BCUT2D eigenvalue weighted by Gasteiger charge is -2.10. The van der Waals surface area contributed by atoms with Crippen molar-refractivity contribution in [3.8, 4) is 11.5 Å². The number of halogens is 2. The summed E-state index contributed by atoms with van der Waals surface area (Å²) in [6.45, 7) is 0. The van der Waals surface area contributed by atoms with Gasteiger partial charge in [-0.3, -0.25) is 25.2 Å². The number of nitrogens with one attached hydrogen (secondary N) is 3. The molecule has 4 rings (SSSR count). The molecule has 0 saturated heterocycles. The van der Waals surface area contributed by atoms with Gasteiger partial charge < -0.3 is 14.8 Å². The molecule has 0 spiro atoms. The van der Waals surface area contributed by atoms with Gasteiger partial charge in [-0.1, -0.05) is 29.3 Å². The zero-order valence-electron chi connectivity index (χ0n) is 19.0. The molecule has 0 aliphatic heterocycles. The van der Waals surface area contributed by atoms with Crippen LogP contribution in [0.15, 0.2) is 60.7 Å². The average Bonchev–Trinajstić information content (AvgIpc) is 3.22. The van der Waals surface area contributed by atoms with Crippen molar-refractivity contribution in [3.63, 3.8) is 0 Å². The fourth-order valence-electron chi connectivity index (χ4n) is 3.31. The van der Waals surface area contributed by atoms with E-state index in [2.05, 4.69) is 16.2 Å². The minimum atomic E-state index is -0.551. The molecule has 36 heavy (non-hydrogen) atoms. The molecular formula is C25H19Cl2N3O5S. The SMILES string of the molecule is COc1ccc(C(=O)Nc2ccc(C(=O)NNC(=O)c3sc4cc(Cl)ccc4c3Cl)cc2)cc1OC. The van der Waals surface area contributed by atoms with Gasteiger partial charge in [-0.2, -0.15) is 0 Å². The highest BCUT2D eigenvalue weighted by atomic mass is 35.5. The van der Waals surface area contributed by atoms with Crippen molar-refractivity contribution in [2.24, 2.45) is 0 Å². The molecule has 1 aromatic heterocycles. The van der Waals surface area contributed by atoms with Gasteiger partial charge in [0.25, 0.3) is 17.7 Å². The predicted molar refractivity (Wildman–Crippen MR) is 141 cm³/mol. The Hall–Kier alpha value is -3.79. The molecule has 0 aliphatic rings. The van der Waals surface area contributed by atoms with E-state index in [9.17, 15) is 14.4 Å². The smallest absolute Gasteiger partial charge is 0.281 e. The second-order valence-electron chi connectivity index (χ2n) is 7.40. The molecule has 11 heteroatoms. The lowest BCUT2D eigenvalue weighted by atomic mass is 10.1. The summed E-state index contributed by atoms with van der Waals surface area (Å²) in [5.41, 5.74) is 5.85. The minimum absolute atomic E-state index is 0.252. The Morgan fingerprint density at radius 3 is 2.11 bits per heavy atom. The number of hydrogen-bond donors (Lipinski definition) is 3. The highest BCUT2D eigenvalue weighted by molar-refractivity contribution is 7.21. The predicted octanol–water partition coefficient (Wildman–Crippen LogP) is 5.55. The third-order valence-electron chi connectivity index (χ3n) is 5.14. The van der Waals surface area contributed by atoms with E-state index >= 15 is 0 Å². The molecule has 8 nitrogen and oxygen atoms in total. The Morgan fingerprint density at radius 1 is 0.750 bits per heavy atom. The summed E-state index contributed by atoms with van der Waals surface area (Å²) in [5, 5.41) is 4.27. The third kappa shape index (κ3) is 5.38. The molecule has 3 aromatic carbocycles. The molecule has 0 unspecified atom stereocenters. The molecule has 0 bridgehead atoms. The van der Waals surface area contributed by atoms with E-state index in [1.807, 2.05) is 0 Å². The lowest BCUT2D eigenvalue weighted by Crippen LogP contribution is -2.41. The van der Waals surface area contributed by atoms with Crippen LogP contribution in [0.25, 0.3) is 10.1 Å². The quantitative estimate of drug-likeness (QED) is 0.276. The van der Waals surface area contributed by atoms with Gasteiger partial charge in [0.15, 0.2) is 11.5 Å². The molecule has 1 heterocycles. The Bertz CT molecular complexity index is 1470. The number of benzene rings is 3. The average molecular weight is 544 g/mol. The Balaban J connectivity index is 1.37. The van der Waals surface area contributed by atoms with Gasteiger partial charge in [0.1, 0.15) is 4.88 Å². The number of carbonyl (C=O) groups is 3. The number of amides is 3. The first-order valence-corrected chi connectivity index (χ1v) is 12.0. The van der Waals surface area contributed by atoms with Crippen LogP contribution in [0, 0.1) is 0 Å². The molecule has 4 aromatic rings. The molecule has 0 fully saturated rings. The fourth-order valence-corrected chi connectivity index (χ4v) is 5.00. The standard InChI is InChI=1S/C25H19Cl2N3O5S/c1-34-18-10-5-14(11-19(18)35-2)23(31)28-16-7-3-13(4-8-16)24(32)29-30-25(33)22-21(27)17-9-6-15(26)12-20(17)36-22/h3-12H,1-2H3,(H,28,31)(H,29,32)(H,30,33). The van der Waals surface area contributed by atoms with E-state index < -0.39 is 11.8 Å². The highest BCUT2D eigenvalue weighted by Crippen LogP contribution is 2.36. The number of hydrazine groups is 1. The van der Waals surface area contributed by atoms with Crippen LogP contribution in [0.1, 0.15) is 30.4 Å². The van der Waals surface area contributed by atoms with Gasteiger partial charge in [-0.15, -0.1) is 11.3 Å². The topological polar surface area (TPSA) is 106 Å². The third-order valence-corrected chi connectivity index (χ3v) is 7.03. The molecule has 0 saturated carbocycles. The van der Waals surface area contributed by atoms with Crippen LogP contribution in [0.3, 0.4) is 0 Å². The maximum absolute atomic E-state index is 12.6. The molecule has 184 valence electrons. The molecule has 0 aliphatic carbocycles. The largest absolute Gasteiger partial charge is 0.493 e. The van der Waals surface area contributed by atoms with Crippen LogP contribution in [0.4, 0.5) is 5.69 Å². The number of anilines is 1. The first kappa shape index (κ1) is 25.3. The number of ether oxygens (including phenoxy) is 2. The van der Waals surface area contributed by atoms with E-state index in [0.29, 0.717) is 33.2 Å². The zero-order chi connectivity index (χ0) is 25.8. The van der Waals surface area contributed by atoms with Crippen molar-refractivity contribution in [3.05, 3.63) is 86.7 Å². The summed E-state index contributed by atoms with van der Waals surface area (Å²) in [6, 6.07) is 16.1. The Kier molecular flexibility index (Phi) is 7.64. The maximum Gasteiger partial charge on any atom is 0.281 e. The van der Waals surface area contributed by atoms with Gasteiger partial charge in [0, 0.05) is 31.9 Å². The van der Waals surface area contributed by atoms with Crippen LogP contribution in [-0.4, -0.2) is 31.9 Å². The van der Waals surface area contributed by atoms with Crippen LogP contribution < -0.4 is 25.6 Å². The van der Waals surface area contributed by atoms with Crippen LogP contribution in [-0.2, 0) is 0 Å². The lowest BCUT2D eigenvalue weighted by molar-refractivity contribution is 0.0849. The Morgan fingerprint density at radius 2 is 1.42 bits per heavy atom. The maximum atomic E-state index is 12.6. The molecule has 3 N–H and O–H groups in total. The monoisotopic (exact) mass is 543 g/mol. The van der Waals surface area contributed by atoms with Crippen molar-refractivity contribution in [2.75, 3.05) is 19.5 Å². The molecule has 0 radical (unpaired) electrons. The van der Waals surface area contributed by atoms with Crippen molar-refractivity contribution >= 4 is 68.0 Å². The summed E-state index contributed by atoms with van der Waals surface area (Å²) in [6.07, 6.45) is 0. The molecule has 0 atom stereocenters. The van der Waals surface area contributed by atoms with Crippen molar-refractivity contribution in [1.82, 2.24) is 10.9 Å². The number of carbonyl (C=O) groups excluding carboxylic acids is 3. The summed E-state index contributed by atoms with van der Waals surface area (Å²) >= 11 is 13.5. The second-order valence-corrected chi connectivity index (χ2v) is 9.26. The fraction of sp³-hybridized carbons (Fsp3) is 0.0800. The van der Waals surface area contributed by atoms with Gasteiger partial charge in [0.05, 0.1) is 19.2 Å². The van der Waals surface area contributed by atoms with Crippen molar-refractivity contribution in [2.45, 2.75) is 0 Å². The number of rotatable bonds is 6. The van der Waals surface area contributed by atoms with E-state index in [1.165, 1.54) is 37.7 Å². The van der Waals surface area contributed by atoms with Gasteiger partial charge in [-0.05, 0) is 54.6 Å². The van der Waals surface area contributed by atoms with Gasteiger partial charge in [0.2, 0.25) is 0 Å². The van der Waals surface area contributed by atoms with Gasteiger partial charge in [-0.25, -0.2) is 0 Å². The second kappa shape index (κ2) is 10.9. The summed E-state index contributed by atoms with van der Waals surface area (Å²) < 4.78 is 11.2. The van der Waals surface area contributed by atoms with Crippen molar-refractivity contribution in [1.29, 1.82) is 0 Å². The van der Waals surface area contributed by atoms with Crippen LogP contribution in [0.2, 0.25) is 10.0 Å². The van der Waals surface area contributed by atoms with Crippen LogP contribution in [0.5, 0.6) is 11.5 Å². The first-order valence-electron chi connectivity index (χ1n) is 10.4. The number of methoxy groups -OCH3 is 2. The summed E-state index contributed by atoms with van der Waals surface area (Å²) in [4.78, 5) is 37.9. The summed E-state index contributed by atoms with van der Waals surface area (Å²) in [5.74, 6) is -0.511. The number of hydrogen-bond acceptors (Lipinski definition) is 6. The molecule has 3 amide bonds. The van der Waals surface area contributed by atoms with E-state index in [1.54, 1.807) is 48.5 Å². The number of thiophene rings is 1. The minimum Gasteiger partial charge on any atom is -0.493 e. The van der Waals surface area contributed by atoms with E-state index in [0.717, 1.165) is 4.70 Å². The Labute approximate surface area is 220 Å². The number of fused-ring (bicyclic) bond motifs is 1. The van der Waals surface area contributed by atoms with Crippen LogP contribution >= 0.6 is 34.5 Å². The highest BCUT2D eigenvalue weighted by Gasteiger charge is 2.18. The van der Waals surface area contributed by atoms with E-state index in [4.69, 9.17) is 32.7 Å². The summed E-state index contributed by atoms with van der Waals surface area (Å²) in [7, 11) is 3.00. The first-order chi connectivity index (χ1) is 17.3. The molecular weight excluding hydrogens is 525 g/mol. The van der Waals surface area contributed by atoms with Gasteiger partial charge >= 0.3 is 0 Å². The normalized spacial score (nSPS) is 10.6. The zero-order valence-corrected chi connectivity index (χ0v) is 21.3.